The minimum Gasteiger partial charge on any atom is -0.339 e. The third-order valence-corrected chi connectivity index (χ3v) is 4.14. The van der Waals surface area contributed by atoms with Crippen molar-refractivity contribution in [2.45, 2.75) is 17.1 Å². The number of fused-ring (bicyclic) bond motifs is 1. The lowest BCUT2D eigenvalue weighted by Crippen LogP contribution is -2.10. The molecule has 0 aliphatic rings. The van der Waals surface area contributed by atoms with Gasteiger partial charge in [0.25, 0.3) is 0 Å². The number of H-pyrrole nitrogens is 1. The molecule has 0 radical (unpaired) electrons. The van der Waals surface area contributed by atoms with Gasteiger partial charge in [-0.2, -0.15) is 0 Å². The fourth-order valence-electron chi connectivity index (χ4n) is 1.56. The molecule has 0 saturated carbocycles. The van der Waals surface area contributed by atoms with Crippen LogP contribution in [0.3, 0.4) is 0 Å². The summed E-state index contributed by atoms with van der Waals surface area (Å²) in [7, 11) is 0. The van der Waals surface area contributed by atoms with E-state index in [2.05, 4.69) is 31.4 Å². The Hall–Kier alpha value is -1.64. The molecule has 0 saturated heterocycles. The molecule has 3 heterocycles. The van der Waals surface area contributed by atoms with Crippen molar-refractivity contribution >= 4 is 39.3 Å². The Labute approximate surface area is 111 Å². The van der Waals surface area contributed by atoms with Crippen LogP contribution in [0.4, 0.5) is 5.95 Å². The van der Waals surface area contributed by atoms with Crippen LogP contribution in [0.5, 0.6) is 0 Å². The van der Waals surface area contributed by atoms with Crippen molar-refractivity contribution in [3.8, 4) is 0 Å². The molecule has 18 heavy (non-hydrogen) atoms. The molecule has 0 unspecified atom stereocenters. The van der Waals surface area contributed by atoms with Gasteiger partial charge in [-0.1, -0.05) is 0 Å². The molecule has 0 aromatic carbocycles. The molecule has 92 valence electrons. The normalized spacial score (nSPS) is 11.0. The topological polar surface area (TPSA) is 92.5 Å². The van der Waals surface area contributed by atoms with Crippen LogP contribution in [0.15, 0.2) is 28.6 Å². The van der Waals surface area contributed by atoms with Crippen molar-refractivity contribution in [1.29, 1.82) is 0 Å². The number of imidazole rings is 1. The fourth-order valence-corrected chi connectivity index (χ4v) is 3.32. The lowest BCUT2D eigenvalue weighted by Gasteiger charge is -2.03. The predicted octanol–water partition coefficient (Wildman–Crippen LogP) is 2.16. The molecule has 0 aliphatic carbocycles. The Balaban J connectivity index is 2.13. The molecule has 3 aromatic rings. The van der Waals surface area contributed by atoms with Crippen LogP contribution in [0.2, 0.25) is 0 Å². The van der Waals surface area contributed by atoms with Crippen molar-refractivity contribution in [3.63, 3.8) is 0 Å². The minimum absolute atomic E-state index is 0.415. The highest BCUT2D eigenvalue weighted by Gasteiger charge is 2.12. The number of thiophene rings is 1. The minimum atomic E-state index is 0.415. The lowest BCUT2D eigenvalue weighted by atomic mass is 10.4. The monoisotopic (exact) mass is 278 g/mol. The number of nitrogens with one attached hydrogen (secondary N) is 2. The first-order chi connectivity index (χ1) is 8.76. The van der Waals surface area contributed by atoms with Gasteiger partial charge in [-0.15, -0.1) is 11.3 Å². The van der Waals surface area contributed by atoms with Gasteiger partial charge < -0.3 is 4.98 Å². The van der Waals surface area contributed by atoms with E-state index in [0.717, 1.165) is 20.4 Å². The van der Waals surface area contributed by atoms with Crippen LogP contribution in [0.1, 0.15) is 4.88 Å². The van der Waals surface area contributed by atoms with Crippen LogP contribution in [-0.2, 0) is 0 Å². The van der Waals surface area contributed by atoms with Crippen molar-refractivity contribution in [2.24, 2.45) is 5.84 Å². The van der Waals surface area contributed by atoms with Gasteiger partial charge in [0.15, 0.2) is 5.16 Å². The van der Waals surface area contributed by atoms with E-state index >= 15 is 0 Å². The summed E-state index contributed by atoms with van der Waals surface area (Å²) >= 11 is 3.08. The number of hydrazine groups is 1. The van der Waals surface area contributed by atoms with Gasteiger partial charge in [0.05, 0.1) is 0 Å². The van der Waals surface area contributed by atoms with E-state index in [1.807, 2.05) is 6.92 Å². The third kappa shape index (κ3) is 2.05. The van der Waals surface area contributed by atoms with E-state index in [9.17, 15) is 0 Å². The standard InChI is InChI=1S/C10H10N6S2/c1-5-4-6-7(17-5)14-9(16-11)15-8(6)18-10-12-2-3-13-10/h2-4H,11H2,1H3,(H,12,13)(H,14,15,16). The number of hydrogen-bond acceptors (Lipinski definition) is 7. The molecule has 0 aliphatic heterocycles. The highest BCUT2D eigenvalue weighted by Crippen LogP contribution is 2.34. The molecular weight excluding hydrogens is 268 g/mol. The van der Waals surface area contributed by atoms with E-state index in [1.165, 1.54) is 16.6 Å². The summed E-state index contributed by atoms with van der Waals surface area (Å²) in [5.74, 6) is 5.80. The molecule has 0 fully saturated rings. The summed E-state index contributed by atoms with van der Waals surface area (Å²) in [5.41, 5.74) is 2.49. The largest absolute Gasteiger partial charge is 0.339 e. The number of hydrogen-bond donors (Lipinski definition) is 3. The van der Waals surface area contributed by atoms with Crippen LogP contribution < -0.4 is 11.3 Å². The van der Waals surface area contributed by atoms with E-state index in [4.69, 9.17) is 5.84 Å². The maximum atomic E-state index is 5.39. The Kier molecular flexibility index (Phi) is 2.90. The van der Waals surface area contributed by atoms with E-state index in [0.29, 0.717) is 5.95 Å². The van der Waals surface area contributed by atoms with E-state index in [-0.39, 0.29) is 0 Å². The average molecular weight is 278 g/mol. The SMILES string of the molecule is Cc1cc2c(Sc3ncc[nH]3)nc(NN)nc2s1. The Morgan fingerprint density at radius 2 is 2.33 bits per heavy atom. The second-order valence-corrected chi connectivity index (χ2v) is 5.78. The van der Waals surface area contributed by atoms with Crippen LogP contribution >= 0.6 is 23.1 Å². The molecule has 6 nitrogen and oxygen atoms in total. The van der Waals surface area contributed by atoms with Crippen LogP contribution in [-0.4, -0.2) is 19.9 Å². The first-order valence-electron chi connectivity index (χ1n) is 5.18. The smallest absolute Gasteiger partial charge is 0.239 e. The van der Waals surface area contributed by atoms with Crippen LogP contribution in [0.25, 0.3) is 10.2 Å². The van der Waals surface area contributed by atoms with Gasteiger partial charge in [0.2, 0.25) is 5.95 Å². The zero-order valence-electron chi connectivity index (χ0n) is 9.47. The molecule has 0 spiro atoms. The van der Waals surface area contributed by atoms with Crippen LogP contribution in [0, 0.1) is 6.92 Å². The van der Waals surface area contributed by atoms with Crippen molar-refractivity contribution in [3.05, 3.63) is 23.3 Å². The highest BCUT2D eigenvalue weighted by atomic mass is 32.2. The number of aryl methyl sites for hydroxylation is 1. The van der Waals surface area contributed by atoms with Gasteiger partial charge in [0, 0.05) is 22.7 Å². The Morgan fingerprint density at radius 1 is 1.44 bits per heavy atom. The number of nitrogens with two attached hydrogens (primary N) is 1. The number of nitrogens with zero attached hydrogens (tertiary/aromatic N) is 3. The zero-order chi connectivity index (χ0) is 12.5. The van der Waals surface area contributed by atoms with Crippen molar-refractivity contribution < 1.29 is 0 Å². The average Bonchev–Trinajstić information content (AvgIpc) is 2.97. The molecular formula is C10H10N6S2. The molecule has 3 aromatic heterocycles. The second kappa shape index (κ2) is 4.56. The summed E-state index contributed by atoms with van der Waals surface area (Å²) in [6, 6.07) is 2.07. The number of aromatic amines is 1. The van der Waals surface area contributed by atoms with Gasteiger partial charge in [-0.25, -0.2) is 20.8 Å². The second-order valence-electron chi connectivity index (χ2n) is 3.57. The molecule has 0 amide bonds. The number of anilines is 1. The Morgan fingerprint density at radius 3 is 3.06 bits per heavy atom. The maximum Gasteiger partial charge on any atom is 0.239 e. The van der Waals surface area contributed by atoms with Gasteiger partial charge in [-0.3, -0.25) is 5.43 Å². The van der Waals surface area contributed by atoms with E-state index < -0.39 is 0 Å². The van der Waals surface area contributed by atoms with E-state index in [1.54, 1.807) is 23.7 Å². The number of nitrogen functional groups attached to an aromatic ring is 1. The van der Waals surface area contributed by atoms with Gasteiger partial charge >= 0.3 is 0 Å². The molecule has 0 atom stereocenters. The summed E-state index contributed by atoms with van der Waals surface area (Å²) in [6.45, 7) is 2.04. The van der Waals surface area contributed by atoms with Gasteiger partial charge in [-0.05, 0) is 24.8 Å². The number of aromatic nitrogens is 4. The summed E-state index contributed by atoms with van der Waals surface area (Å²) in [6.07, 6.45) is 3.49. The third-order valence-electron chi connectivity index (χ3n) is 2.28. The Bertz CT molecular complexity index is 675. The molecule has 0 bridgehead atoms. The predicted molar refractivity (Wildman–Crippen MR) is 72.7 cm³/mol. The summed E-state index contributed by atoms with van der Waals surface area (Å²) in [5, 5.41) is 2.66. The quantitative estimate of drug-likeness (QED) is 0.386. The molecule has 3 rings (SSSR count). The fraction of sp³-hybridized carbons (Fsp3) is 0.100. The van der Waals surface area contributed by atoms with Gasteiger partial charge in [0.1, 0.15) is 9.86 Å². The molecule has 4 N–H and O–H groups in total. The first-order valence-corrected chi connectivity index (χ1v) is 6.81. The number of rotatable bonds is 3. The molecule has 8 heteroatoms. The van der Waals surface area contributed by atoms with Crippen molar-refractivity contribution in [2.75, 3.05) is 5.43 Å². The zero-order valence-corrected chi connectivity index (χ0v) is 11.1. The summed E-state index contributed by atoms with van der Waals surface area (Å²) < 4.78 is 0. The first kappa shape index (κ1) is 11.5. The summed E-state index contributed by atoms with van der Waals surface area (Å²) in [4.78, 5) is 18.0. The highest BCUT2D eigenvalue weighted by molar-refractivity contribution is 7.99. The lowest BCUT2D eigenvalue weighted by molar-refractivity contribution is 1.03. The van der Waals surface area contributed by atoms with Crippen molar-refractivity contribution in [1.82, 2.24) is 19.9 Å². The maximum absolute atomic E-state index is 5.39.